The molecule has 0 radical (unpaired) electrons. The molecule has 3 aliphatic rings. The molecule has 2 aliphatic heterocycles. The topological polar surface area (TPSA) is 63.7 Å². The van der Waals surface area contributed by atoms with Gasteiger partial charge in [0.1, 0.15) is 6.10 Å². The third-order valence-corrected chi connectivity index (χ3v) is 5.60. The van der Waals surface area contributed by atoms with E-state index in [1.807, 2.05) is 12.2 Å². The van der Waals surface area contributed by atoms with Crippen molar-refractivity contribution in [1.29, 1.82) is 0 Å². The van der Waals surface area contributed by atoms with Crippen LogP contribution in [0.25, 0.3) is 0 Å². The number of benzene rings is 1. The number of hydrogen-bond donors (Lipinski definition) is 0. The molecule has 1 fully saturated rings. The molecule has 27 heavy (non-hydrogen) atoms. The number of allylic oxidation sites excluding steroid dienone is 4. The summed E-state index contributed by atoms with van der Waals surface area (Å²) in [6.07, 6.45) is 9.70. The minimum absolute atomic E-state index is 0.128. The lowest BCUT2D eigenvalue weighted by atomic mass is 9.88. The summed E-state index contributed by atoms with van der Waals surface area (Å²) in [5, 5.41) is 0.213. The van der Waals surface area contributed by atoms with Gasteiger partial charge in [0.15, 0.2) is 5.78 Å². The van der Waals surface area contributed by atoms with Gasteiger partial charge in [0.05, 0.1) is 29.2 Å². The summed E-state index contributed by atoms with van der Waals surface area (Å²) < 4.78 is 5.57. The molecule has 4 rings (SSSR count). The first-order chi connectivity index (χ1) is 13.0. The van der Waals surface area contributed by atoms with Crippen LogP contribution in [0.5, 0.6) is 0 Å². The van der Waals surface area contributed by atoms with Crippen LogP contribution >= 0.6 is 23.4 Å². The maximum atomic E-state index is 12.6. The molecule has 0 unspecified atom stereocenters. The maximum absolute atomic E-state index is 12.6. The minimum atomic E-state index is -0.421. The Hall–Kier alpha value is -2.57. The van der Waals surface area contributed by atoms with Crippen molar-refractivity contribution in [2.24, 2.45) is 5.92 Å². The van der Waals surface area contributed by atoms with Crippen LogP contribution in [0.4, 0.5) is 4.79 Å². The zero-order valence-corrected chi connectivity index (χ0v) is 15.6. The van der Waals surface area contributed by atoms with E-state index in [0.717, 1.165) is 22.2 Å². The Morgan fingerprint density at radius 3 is 2.63 bits per heavy atom. The lowest BCUT2D eigenvalue weighted by molar-refractivity contribution is -0.123. The smallest absolute Gasteiger partial charge is 0.293 e. The highest BCUT2D eigenvalue weighted by molar-refractivity contribution is 8.18. The van der Waals surface area contributed by atoms with Gasteiger partial charge in [-0.15, -0.1) is 0 Å². The molecule has 0 aromatic heterocycles. The van der Waals surface area contributed by atoms with E-state index in [1.54, 1.807) is 36.4 Å². The van der Waals surface area contributed by atoms with Gasteiger partial charge in [-0.25, -0.2) is 0 Å². The number of ether oxygens (including phenoxy) is 1. The van der Waals surface area contributed by atoms with Crippen molar-refractivity contribution in [2.75, 3.05) is 0 Å². The maximum Gasteiger partial charge on any atom is 0.293 e. The van der Waals surface area contributed by atoms with Crippen molar-refractivity contribution in [1.82, 2.24) is 4.90 Å². The van der Waals surface area contributed by atoms with Crippen molar-refractivity contribution in [3.05, 3.63) is 82.0 Å². The molecule has 0 N–H and O–H groups in total. The second-order valence-electron chi connectivity index (χ2n) is 6.23. The number of amides is 2. The summed E-state index contributed by atoms with van der Waals surface area (Å²) in [7, 11) is 0. The molecule has 2 heterocycles. The predicted octanol–water partition coefficient (Wildman–Crippen LogP) is 4.01. The largest absolute Gasteiger partial charge is 0.492 e. The standard InChI is InChI=1S/C20H14ClNO4S/c21-14-7-5-12(6-8-14)10-22-19(24)17(27-20(22)25)9-13-11-26-16-4-2-1-3-15(16)18(13)23/h1-9,11,15-16H,10H2/b17-9+/t15-,16+/m0/s1. The molecule has 0 bridgehead atoms. The molecule has 1 aromatic rings. The van der Waals surface area contributed by atoms with Crippen molar-refractivity contribution in [3.63, 3.8) is 0 Å². The van der Waals surface area contributed by atoms with Gasteiger partial charge in [-0.2, -0.15) is 0 Å². The quantitative estimate of drug-likeness (QED) is 0.718. The van der Waals surface area contributed by atoms with Crippen molar-refractivity contribution < 1.29 is 19.1 Å². The number of halogens is 1. The van der Waals surface area contributed by atoms with E-state index in [9.17, 15) is 14.4 Å². The van der Waals surface area contributed by atoms with Crippen molar-refractivity contribution in [3.8, 4) is 0 Å². The number of thioether (sulfide) groups is 1. The number of imide groups is 1. The average Bonchev–Trinajstić information content (AvgIpc) is 2.93. The molecule has 1 aliphatic carbocycles. The van der Waals surface area contributed by atoms with Gasteiger partial charge in [-0.3, -0.25) is 19.3 Å². The monoisotopic (exact) mass is 399 g/mol. The van der Waals surface area contributed by atoms with E-state index < -0.39 is 11.8 Å². The molecule has 1 saturated heterocycles. The normalized spacial score (nSPS) is 25.7. The van der Waals surface area contributed by atoms with Gasteiger partial charge >= 0.3 is 0 Å². The summed E-state index contributed by atoms with van der Waals surface area (Å²) >= 11 is 6.68. The van der Waals surface area contributed by atoms with Gasteiger partial charge in [-0.05, 0) is 41.6 Å². The lowest BCUT2D eigenvalue weighted by Crippen LogP contribution is -2.32. The highest BCUT2D eigenvalue weighted by Gasteiger charge is 2.37. The Morgan fingerprint density at radius 2 is 1.85 bits per heavy atom. The molecule has 0 spiro atoms. The number of rotatable bonds is 3. The molecular weight excluding hydrogens is 386 g/mol. The van der Waals surface area contributed by atoms with Crippen LogP contribution in [0.1, 0.15) is 5.56 Å². The van der Waals surface area contributed by atoms with E-state index in [4.69, 9.17) is 16.3 Å². The van der Waals surface area contributed by atoms with Crippen LogP contribution in [0.3, 0.4) is 0 Å². The van der Waals surface area contributed by atoms with Crippen LogP contribution in [-0.2, 0) is 20.9 Å². The number of hydrogen-bond acceptors (Lipinski definition) is 5. The zero-order valence-electron chi connectivity index (χ0n) is 14.0. The summed E-state index contributed by atoms with van der Waals surface area (Å²) in [6, 6.07) is 6.94. The number of carbonyl (C=O) groups excluding carboxylic acids is 3. The third kappa shape index (κ3) is 3.50. The molecule has 136 valence electrons. The second kappa shape index (κ2) is 7.21. The molecule has 5 nitrogen and oxygen atoms in total. The molecule has 2 amide bonds. The van der Waals surface area contributed by atoms with Crippen LogP contribution in [0.2, 0.25) is 5.02 Å². The number of fused-ring (bicyclic) bond motifs is 1. The highest BCUT2D eigenvalue weighted by Crippen LogP contribution is 2.34. The molecule has 1 aromatic carbocycles. The minimum Gasteiger partial charge on any atom is -0.492 e. The first kappa shape index (κ1) is 17.8. The number of nitrogens with zero attached hydrogens (tertiary/aromatic N) is 1. The fourth-order valence-corrected chi connectivity index (χ4v) is 3.97. The highest BCUT2D eigenvalue weighted by atomic mass is 35.5. The van der Waals surface area contributed by atoms with Crippen molar-refractivity contribution >= 4 is 40.3 Å². The fourth-order valence-electron chi connectivity index (χ4n) is 3.01. The Morgan fingerprint density at radius 1 is 1.11 bits per heavy atom. The number of Topliss-reactive ketones (excluding diaryl/α,β-unsaturated/α-hetero) is 1. The van der Waals surface area contributed by atoms with Crippen LogP contribution in [0, 0.1) is 5.92 Å². The number of ketones is 1. The van der Waals surface area contributed by atoms with Gasteiger partial charge in [0, 0.05) is 5.02 Å². The van der Waals surface area contributed by atoms with Gasteiger partial charge in [-0.1, -0.05) is 42.0 Å². The van der Waals surface area contributed by atoms with E-state index in [-0.39, 0.29) is 34.1 Å². The molecule has 7 heteroatoms. The van der Waals surface area contributed by atoms with E-state index in [1.165, 1.54) is 12.3 Å². The van der Waals surface area contributed by atoms with Crippen LogP contribution in [0.15, 0.2) is 71.4 Å². The number of carbonyl (C=O) groups is 3. The van der Waals surface area contributed by atoms with E-state index in [2.05, 4.69) is 0 Å². The van der Waals surface area contributed by atoms with Crippen LogP contribution < -0.4 is 0 Å². The van der Waals surface area contributed by atoms with Gasteiger partial charge in [0.2, 0.25) is 0 Å². The first-order valence-electron chi connectivity index (χ1n) is 8.27. The third-order valence-electron chi connectivity index (χ3n) is 4.44. The Balaban J connectivity index is 1.53. The average molecular weight is 400 g/mol. The molecule has 0 saturated carbocycles. The Labute approximate surface area is 165 Å². The predicted molar refractivity (Wildman–Crippen MR) is 103 cm³/mol. The zero-order chi connectivity index (χ0) is 19.0. The Bertz CT molecular complexity index is 945. The lowest BCUT2D eigenvalue weighted by Gasteiger charge is -2.27. The van der Waals surface area contributed by atoms with Gasteiger partial charge in [0.25, 0.3) is 11.1 Å². The second-order valence-corrected chi connectivity index (χ2v) is 7.66. The fraction of sp³-hybridized carbons (Fsp3) is 0.150. The van der Waals surface area contributed by atoms with Gasteiger partial charge < -0.3 is 4.74 Å². The first-order valence-corrected chi connectivity index (χ1v) is 9.47. The summed E-state index contributed by atoms with van der Waals surface area (Å²) in [5.74, 6) is -0.958. The Kier molecular flexibility index (Phi) is 4.76. The summed E-state index contributed by atoms with van der Waals surface area (Å²) in [5.41, 5.74) is 1.08. The molecule has 2 atom stereocenters. The molecular formula is C20H14ClNO4S. The summed E-state index contributed by atoms with van der Waals surface area (Å²) in [6.45, 7) is 0.154. The van der Waals surface area contributed by atoms with E-state index in [0.29, 0.717) is 5.02 Å². The summed E-state index contributed by atoms with van der Waals surface area (Å²) in [4.78, 5) is 38.9. The van der Waals surface area contributed by atoms with Crippen LogP contribution in [-0.4, -0.2) is 27.9 Å². The van der Waals surface area contributed by atoms with Crippen molar-refractivity contribution in [2.45, 2.75) is 12.6 Å². The SMILES string of the molecule is O=C1C(/C=C2/SC(=O)N(Cc3ccc(Cl)cc3)C2=O)=CO[C@@H]2C=CC=C[C@H]12. The van der Waals surface area contributed by atoms with E-state index >= 15 is 0 Å².